The Morgan fingerprint density at radius 3 is 2.68 bits per heavy atom. The Balaban J connectivity index is 1.94. The molecule has 126 valence electrons. The van der Waals surface area contributed by atoms with E-state index in [1.54, 1.807) is 6.20 Å². The number of rotatable bonds is 1. The molecule has 4 rings (SSSR count). The fourth-order valence-corrected chi connectivity index (χ4v) is 3.91. The Morgan fingerprint density at radius 1 is 1.12 bits per heavy atom. The van der Waals surface area contributed by atoms with Crippen LogP contribution in [0.2, 0.25) is 0 Å². The standard InChI is InChI=1S/C18H19N7/c19-11-13-12-5-4-10-22-14(12)6-7-15(13)25-17(21)23-16(20)24-18(25)8-2-1-3-9-18/h4-7,10H,1-3,8-9H2,(H4,20,21,23,24). The van der Waals surface area contributed by atoms with Crippen LogP contribution < -0.4 is 16.4 Å². The summed E-state index contributed by atoms with van der Waals surface area (Å²) in [4.78, 5) is 15.1. The van der Waals surface area contributed by atoms with Gasteiger partial charge in [-0.05, 0) is 49.9 Å². The molecule has 1 spiro atoms. The zero-order valence-electron chi connectivity index (χ0n) is 13.8. The molecule has 25 heavy (non-hydrogen) atoms. The van der Waals surface area contributed by atoms with E-state index in [1.165, 1.54) is 0 Å². The van der Waals surface area contributed by atoms with Crippen LogP contribution in [0.15, 0.2) is 40.4 Å². The predicted molar refractivity (Wildman–Crippen MR) is 98.0 cm³/mol. The van der Waals surface area contributed by atoms with E-state index in [-0.39, 0.29) is 11.9 Å². The van der Waals surface area contributed by atoms with Crippen LogP contribution in [0.3, 0.4) is 0 Å². The number of aliphatic imine (C=N–C) groups is 2. The molecule has 2 heterocycles. The fourth-order valence-electron chi connectivity index (χ4n) is 3.91. The molecule has 4 N–H and O–H groups in total. The van der Waals surface area contributed by atoms with Gasteiger partial charge >= 0.3 is 0 Å². The molecule has 7 heteroatoms. The van der Waals surface area contributed by atoms with Gasteiger partial charge in [0.15, 0.2) is 0 Å². The number of nitriles is 1. The highest BCUT2D eigenvalue weighted by molar-refractivity contribution is 6.07. The normalized spacial score (nSPS) is 19.4. The highest BCUT2D eigenvalue weighted by atomic mass is 15.4. The molecule has 1 aliphatic carbocycles. The summed E-state index contributed by atoms with van der Waals surface area (Å²) < 4.78 is 0. The smallest absolute Gasteiger partial charge is 0.220 e. The minimum atomic E-state index is -0.560. The number of nitrogens with zero attached hydrogens (tertiary/aromatic N) is 5. The quantitative estimate of drug-likeness (QED) is 0.830. The largest absolute Gasteiger partial charge is 0.369 e. The second kappa shape index (κ2) is 5.74. The van der Waals surface area contributed by atoms with E-state index in [0.717, 1.165) is 43.0 Å². The number of guanidine groups is 2. The number of anilines is 1. The number of benzene rings is 1. The van der Waals surface area contributed by atoms with Crippen molar-refractivity contribution in [2.75, 3.05) is 4.90 Å². The highest BCUT2D eigenvalue weighted by Crippen LogP contribution is 2.41. The van der Waals surface area contributed by atoms with Crippen molar-refractivity contribution in [2.45, 2.75) is 37.8 Å². The molecular formula is C18H19N7. The van der Waals surface area contributed by atoms with Gasteiger partial charge in [0, 0.05) is 11.6 Å². The zero-order chi connectivity index (χ0) is 17.4. The summed E-state index contributed by atoms with van der Waals surface area (Å²) in [7, 11) is 0. The number of fused-ring (bicyclic) bond motifs is 1. The van der Waals surface area contributed by atoms with Crippen LogP contribution in [0.4, 0.5) is 5.69 Å². The maximum atomic E-state index is 9.83. The summed E-state index contributed by atoms with van der Waals surface area (Å²) >= 11 is 0. The third-order valence-corrected chi connectivity index (χ3v) is 4.97. The molecule has 1 aromatic heterocycles. The second-order valence-corrected chi connectivity index (χ2v) is 6.46. The molecule has 1 aromatic carbocycles. The topological polar surface area (TPSA) is 117 Å². The highest BCUT2D eigenvalue weighted by Gasteiger charge is 2.43. The molecule has 0 unspecified atom stereocenters. The summed E-state index contributed by atoms with van der Waals surface area (Å²) in [6.45, 7) is 0. The first-order valence-corrected chi connectivity index (χ1v) is 8.42. The van der Waals surface area contributed by atoms with E-state index < -0.39 is 5.66 Å². The van der Waals surface area contributed by atoms with Crippen LogP contribution in [-0.4, -0.2) is 22.6 Å². The van der Waals surface area contributed by atoms with Crippen LogP contribution in [0.25, 0.3) is 10.9 Å². The lowest BCUT2D eigenvalue weighted by Crippen LogP contribution is -2.58. The van der Waals surface area contributed by atoms with E-state index >= 15 is 0 Å². The van der Waals surface area contributed by atoms with Crippen LogP contribution in [0.5, 0.6) is 0 Å². The van der Waals surface area contributed by atoms with Gasteiger partial charge in [-0.1, -0.05) is 6.42 Å². The number of nitrogens with two attached hydrogens (primary N) is 2. The average molecular weight is 333 g/mol. The van der Waals surface area contributed by atoms with Gasteiger partial charge in [0.05, 0.1) is 16.8 Å². The van der Waals surface area contributed by atoms with E-state index in [4.69, 9.17) is 11.5 Å². The van der Waals surface area contributed by atoms with E-state index in [0.29, 0.717) is 11.3 Å². The minimum Gasteiger partial charge on any atom is -0.369 e. The molecule has 0 radical (unpaired) electrons. The lowest BCUT2D eigenvalue weighted by molar-refractivity contribution is 0.305. The Labute approximate surface area is 145 Å². The van der Waals surface area contributed by atoms with Gasteiger partial charge in [0.1, 0.15) is 11.7 Å². The lowest BCUT2D eigenvalue weighted by Gasteiger charge is -2.45. The molecule has 2 aromatic rings. The predicted octanol–water partition coefficient (Wildman–Crippen LogP) is 2.22. The van der Waals surface area contributed by atoms with Crippen molar-refractivity contribution >= 4 is 28.5 Å². The Kier molecular flexibility index (Phi) is 3.53. The first-order chi connectivity index (χ1) is 12.1. The summed E-state index contributed by atoms with van der Waals surface area (Å²) in [5, 5.41) is 10.6. The van der Waals surface area contributed by atoms with Crippen LogP contribution in [-0.2, 0) is 0 Å². The summed E-state index contributed by atoms with van der Waals surface area (Å²) in [5.41, 5.74) is 13.6. The van der Waals surface area contributed by atoms with Gasteiger partial charge in [0.25, 0.3) is 0 Å². The van der Waals surface area contributed by atoms with Crippen LogP contribution >= 0.6 is 0 Å². The molecular weight excluding hydrogens is 314 g/mol. The van der Waals surface area contributed by atoms with Crippen molar-refractivity contribution in [1.82, 2.24) is 4.98 Å². The monoisotopic (exact) mass is 333 g/mol. The van der Waals surface area contributed by atoms with Crippen LogP contribution in [0.1, 0.15) is 37.7 Å². The third kappa shape index (κ3) is 2.38. The summed E-state index contributed by atoms with van der Waals surface area (Å²) in [5.74, 6) is 0.491. The van der Waals surface area contributed by atoms with Gasteiger partial charge in [-0.3, -0.25) is 9.88 Å². The third-order valence-electron chi connectivity index (χ3n) is 4.97. The Morgan fingerprint density at radius 2 is 1.92 bits per heavy atom. The first-order valence-electron chi connectivity index (χ1n) is 8.42. The maximum absolute atomic E-state index is 9.83. The molecule has 2 aliphatic rings. The van der Waals surface area contributed by atoms with E-state index in [2.05, 4.69) is 21.0 Å². The Hall–Kier alpha value is -3.14. The summed E-state index contributed by atoms with van der Waals surface area (Å²) in [6.07, 6.45) is 6.62. The Bertz CT molecular complexity index is 932. The lowest BCUT2D eigenvalue weighted by atomic mass is 9.86. The second-order valence-electron chi connectivity index (χ2n) is 6.46. The first kappa shape index (κ1) is 15.4. The van der Waals surface area contributed by atoms with Crippen molar-refractivity contribution < 1.29 is 0 Å². The molecule has 7 nitrogen and oxygen atoms in total. The average Bonchev–Trinajstić information content (AvgIpc) is 2.61. The zero-order valence-corrected chi connectivity index (χ0v) is 13.8. The van der Waals surface area contributed by atoms with Crippen molar-refractivity contribution in [3.63, 3.8) is 0 Å². The van der Waals surface area contributed by atoms with Gasteiger partial charge in [-0.15, -0.1) is 0 Å². The number of hydrogen-bond acceptors (Lipinski definition) is 7. The molecule has 0 saturated heterocycles. The van der Waals surface area contributed by atoms with Gasteiger partial charge in [0.2, 0.25) is 11.9 Å². The molecule has 1 fully saturated rings. The van der Waals surface area contributed by atoms with E-state index in [1.807, 2.05) is 29.2 Å². The molecule has 0 amide bonds. The SMILES string of the molecule is N#Cc1c(N2C(N)=NC(N)=NC23CCCCC3)ccc2ncccc12. The van der Waals surface area contributed by atoms with Crippen molar-refractivity contribution in [3.05, 3.63) is 36.0 Å². The fraction of sp³-hybridized carbons (Fsp3) is 0.333. The minimum absolute atomic E-state index is 0.205. The molecule has 1 saturated carbocycles. The molecule has 0 atom stereocenters. The van der Waals surface area contributed by atoms with Crippen molar-refractivity contribution in [1.29, 1.82) is 5.26 Å². The number of hydrogen-bond donors (Lipinski definition) is 2. The van der Waals surface area contributed by atoms with Crippen molar-refractivity contribution in [2.24, 2.45) is 21.5 Å². The van der Waals surface area contributed by atoms with Gasteiger partial charge in [-0.2, -0.15) is 10.3 Å². The summed E-state index contributed by atoms with van der Waals surface area (Å²) in [6, 6.07) is 9.82. The molecule has 0 bridgehead atoms. The van der Waals surface area contributed by atoms with Crippen LogP contribution in [0, 0.1) is 11.3 Å². The van der Waals surface area contributed by atoms with Gasteiger partial charge in [-0.25, -0.2) is 4.99 Å². The maximum Gasteiger partial charge on any atom is 0.220 e. The molecule has 1 aliphatic heterocycles. The van der Waals surface area contributed by atoms with E-state index in [9.17, 15) is 5.26 Å². The van der Waals surface area contributed by atoms with Gasteiger partial charge < -0.3 is 11.5 Å². The van der Waals surface area contributed by atoms with Crippen molar-refractivity contribution in [3.8, 4) is 6.07 Å². The number of pyridine rings is 1. The number of aromatic nitrogens is 1.